The van der Waals surface area contributed by atoms with Crippen LogP contribution in [0.5, 0.6) is 0 Å². The molecule has 4 heteroatoms. The topological polar surface area (TPSA) is 59.6 Å². The van der Waals surface area contributed by atoms with Crippen LogP contribution in [0.3, 0.4) is 0 Å². The van der Waals surface area contributed by atoms with Crippen LogP contribution in [0.2, 0.25) is 0 Å². The fraction of sp³-hybridized carbons (Fsp3) is 0.125. The minimum absolute atomic E-state index is 0.732. The second-order valence-electron chi connectivity index (χ2n) is 2.77. The average Bonchev–Trinajstić information content (AvgIpc) is 2.58. The van der Waals surface area contributed by atoms with Gasteiger partial charge in [0.15, 0.2) is 0 Å². The number of aryl methyl sites for hydroxylation is 1. The lowest BCUT2D eigenvalue weighted by molar-refractivity contribution is 0.913. The summed E-state index contributed by atoms with van der Waals surface area (Å²) in [5.74, 6) is 0. The van der Waals surface area contributed by atoms with Crippen LogP contribution < -0.4 is 5.73 Å². The Bertz CT molecular complexity index is 347. The first kappa shape index (κ1) is 6.97. The van der Waals surface area contributed by atoms with E-state index in [1.54, 1.807) is 12.5 Å². The molecule has 0 saturated carbocycles. The van der Waals surface area contributed by atoms with Crippen molar-refractivity contribution in [1.29, 1.82) is 0 Å². The first-order valence-corrected chi connectivity index (χ1v) is 3.68. The predicted octanol–water partition coefficient (Wildman–Crippen LogP) is 0.997. The van der Waals surface area contributed by atoms with Gasteiger partial charge >= 0.3 is 0 Å². The Labute approximate surface area is 70.0 Å². The third-order valence-electron chi connectivity index (χ3n) is 1.69. The van der Waals surface area contributed by atoms with Gasteiger partial charge in [-0.2, -0.15) is 0 Å². The zero-order valence-corrected chi connectivity index (χ0v) is 6.78. The molecular weight excluding hydrogens is 152 g/mol. The molecule has 0 bridgehead atoms. The Kier molecular flexibility index (Phi) is 1.40. The van der Waals surface area contributed by atoms with Gasteiger partial charge in [-0.05, 0) is 6.07 Å². The third-order valence-corrected chi connectivity index (χ3v) is 1.69. The zero-order valence-electron chi connectivity index (χ0n) is 6.78. The van der Waals surface area contributed by atoms with Crippen LogP contribution in [-0.2, 0) is 7.05 Å². The van der Waals surface area contributed by atoms with Crippen molar-refractivity contribution in [2.24, 2.45) is 7.05 Å². The lowest BCUT2D eigenvalue weighted by Gasteiger charge is -1.87. The van der Waals surface area contributed by atoms with Crippen LogP contribution >= 0.6 is 0 Å². The molecule has 0 aliphatic carbocycles. The number of nitrogens with zero attached hydrogens (tertiary/aromatic N) is 2. The first-order chi connectivity index (χ1) is 5.75. The summed E-state index contributed by atoms with van der Waals surface area (Å²) in [6.07, 6.45) is 5.45. The summed E-state index contributed by atoms with van der Waals surface area (Å²) in [5.41, 5.74) is 8.15. The third kappa shape index (κ3) is 1.07. The Hall–Kier alpha value is -1.71. The Morgan fingerprint density at radius 2 is 2.42 bits per heavy atom. The molecule has 0 amide bonds. The van der Waals surface area contributed by atoms with Gasteiger partial charge in [-0.25, -0.2) is 4.98 Å². The van der Waals surface area contributed by atoms with Crippen LogP contribution in [-0.4, -0.2) is 14.5 Å². The molecule has 0 radical (unpaired) electrons. The molecule has 0 aromatic carbocycles. The summed E-state index contributed by atoms with van der Waals surface area (Å²) < 4.78 is 1.90. The van der Waals surface area contributed by atoms with Crippen molar-refractivity contribution in [3.05, 3.63) is 24.8 Å². The number of rotatable bonds is 1. The predicted molar refractivity (Wildman–Crippen MR) is 47.4 cm³/mol. The Morgan fingerprint density at radius 3 is 2.92 bits per heavy atom. The summed E-state index contributed by atoms with van der Waals surface area (Å²) in [7, 11) is 1.93. The van der Waals surface area contributed by atoms with Crippen LogP contribution in [0.25, 0.3) is 11.4 Å². The van der Waals surface area contributed by atoms with Gasteiger partial charge in [0.2, 0.25) is 0 Å². The lowest BCUT2D eigenvalue weighted by atomic mass is 10.3. The highest BCUT2D eigenvalue weighted by atomic mass is 15.0. The molecule has 12 heavy (non-hydrogen) atoms. The van der Waals surface area contributed by atoms with Crippen molar-refractivity contribution in [3.63, 3.8) is 0 Å². The summed E-state index contributed by atoms with van der Waals surface area (Å²) in [6.45, 7) is 0. The van der Waals surface area contributed by atoms with Gasteiger partial charge in [-0.3, -0.25) is 0 Å². The summed E-state index contributed by atoms with van der Waals surface area (Å²) in [6, 6.07) is 1.86. The van der Waals surface area contributed by atoms with Crippen molar-refractivity contribution in [2.75, 3.05) is 5.73 Å². The van der Waals surface area contributed by atoms with E-state index in [1.807, 2.05) is 23.9 Å². The van der Waals surface area contributed by atoms with Gasteiger partial charge in [0.05, 0.1) is 12.0 Å². The van der Waals surface area contributed by atoms with E-state index in [2.05, 4.69) is 9.97 Å². The van der Waals surface area contributed by atoms with Crippen molar-refractivity contribution in [3.8, 4) is 11.4 Å². The fourth-order valence-corrected chi connectivity index (χ4v) is 1.11. The maximum absolute atomic E-state index is 5.56. The number of hydrogen-bond donors (Lipinski definition) is 2. The average molecular weight is 162 g/mol. The number of nitrogens with one attached hydrogen (secondary N) is 1. The SMILES string of the molecule is Cn1cnc(-c2cc(N)c[nH]2)c1. The highest BCUT2D eigenvalue weighted by molar-refractivity contribution is 5.59. The van der Waals surface area contributed by atoms with Crippen LogP contribution in [0.15, 0.2) is 24.8 Å². The maximum Gasteiger partial charge on any atom is 0.104 e. The summed E-state index contributed by atoms with van der Waals surface area (Å²) in [4.78, 5) is 7.21. The number of imidazole rings is 1. The summed E-state index contributed by atoms with van der Waals surface area (Å²) in [5, 5.41) is 0. The van der Waals surface area contributed by atoms with Crippen molar-refractivity contribution in [1.82, 2.24) is 14.5 Å². The molecule has 0 saturated heterocycles. The van der Waals surface area contributed by atoms with Gasteiger partial charge in [0, 0.05) is 25.1 Å². The number of aromatic nitrogens is 3. The van der Waals surface area contributed by atoms with Gasteiger partial charge < -0.3 is 15.3 Å². The molecule has 0 unspecified atom stereocenters. The number of aromatic amines is 1. The molecule has 2 aromatic heterocycles. The van der Waals surface area contributed by atoms with E-state index in [4.69, 9.17) is 5.73 Å². The minimum atomic E-state index is 0.732. The quantitative estimate of drug-likeness (QED) is 0.657. The summed E-state index contributed by atoms with van der Waals surface area (Å²) >= 11 is 0. The highest BCUT2D eigenvalue weighted by Crippen LogP contribution is 2.16. The standard InChI is InChI=1S/C8H10N4/c1-12-4-8(11-5-12)7-2-6(9)3-10-7/h2-5,10H,9H2,1H3. The van der Waals surface area contributed by atoms with Crippen LogP contribution in [0.1, 0.15) is 0 Å². The van der Waals surface area contributed by atoms with Gasteiger partial charge in [-0.1, -0.05) is 0 Å². The largest absolute Gasteiger partial charge is 0.397 e. The minimum Gasteiger partial charge on any atom is -0.397 e. The molecule has 2 aromatic rings. The number of nitrogens with two attached hydrogens (primary N) is 1. The molecule has 2 heterocycles. The molecule has 2 rings (SSSR count). The van der Waals surface area contributed by atoms with Gasteiger partial charge in [0.25, 0.3) is 0 Å². The fourth-order valence-electron chi connectivity index (χ4n) is 1.11. The van der Waals surface area contributed by atoms with E-state index in [-0.39, 0.29) is 0 Å². The van der Waals surface area contributed by atoms with Gasteiger partial charge in [0.1, 0.15) is 5.69 Å². The van der Waals surface area contributed by atoms with E-state index in [1.165, 1.54) is 0 Å². The lowest BCUT2D eigenvalue weighted by Crippen LogP contribution is -1.78. The maximum atomic E-state index is 5.56. The van der Waals surface area contributed by atoms with Crippen LogP contribution in [0, 0.1) is 0 Å². The van der Waals surface area contributed by atoms with E-state index in [9.17, 15) is 0 Å². The van der Waals surface area contributed by atoms with Crippen LogP contribution in [0.4, 0.5) is 5.69 Å². The Balaban J connectivity index is 2.43. The molecule has 4 nitrogen and oxygen atoms in total. The van der Waals surface area contributed by atoms with Crippen molar-refractivity contribution >= 4 is 5.69 Å². The number of H-pyrrole nitrogens is 1. The van der Waals surface area contributed by atoms with E-state index in [0.717, 1.165) is 17.1 Å². The number of hydrogen-bond acceptors (Lipinski definition) is 2. The molecule has 3 N–H and O–H groups in total. The zero-order chi connectivity index (χ0) is 8.55. The molecule has 0 fully saturated rings. The monoisotopic (exact) mass is 162 g/mol. The second kappa shape index (κ2) is 2.41. The molecular formula is C8H10N4. The first-order valence-electron chi connectivity index (χ1n) is 3.68. The Morgan fingerprint density at radius 1 is 1.58 bits per heavy atom. The van der Waals surface area contributed by atoms with E-state index >= 15 is 0 Å². The molecule has 0 aliphatic heterocycles. The smallest absolute Gasteiger partial charge is 0.104 e. The highest BCUT2D eigenvalue weighted by Gasteiger charge is 2.01. The van der Waals surface area contributed by atoms with E-state index < -0.39 is 0 Å². The van der Waals surface area contributed by atoms with Crippen molar-refractivity contribution < 1.29 is 0 Å². The van der Waals surface area contributed by atoms with Gasteiger partial charge in [-0.15, -0.1) is 0 Å². The number of anilines is 1. The molecule has 62 valence electrons. The second-order valence-corrected chi connectivity index (χ2v) is 2.77. The van der Waals surface area contributed by atoms with Crippen molar-refractivity contribution in [2.45, 2.75) is 0 Å². The molecule has 0 atom stereocenters. The normalized spacial score (nSPS) is 10.4. The number of nitrogen functional groups attached to an aromatic ring is 1. The molecule has 0 spiro atoms. The van der Waals surface area contributed by atoms with E-state index in [0.29, 0.717) is 0 Å². The molecule has 0 aliphatic rings.